The van der Waals surface area contributed by atoms with E-state index in [4.69, 9.17) is 9.97 Å². The maximum Gasteiger partial charge on any atom is 0.0761 e. The number of nitrogens with zero attached hydrogens (tertiary/aromatic N) is 3. The van der Waals surface area contributed by atoms with Crippen LogP contribution in [0.4, 0.5) is 0 Å². The highest BCUT2D eigenvalue weighted by Crippen LogP contribution is 2.61. The monoisotopic (exact) mass is 699 g/mol. The third-order valence-electron chi connectivity index (χ3n) is 15.3. The topological polar surface area (TPSA) is 30.2 Å². The summed E-state index contributed by atoms with van der Waals surface area (Å²) in [7, 11) is 0. The van der Waals surface area contributed by atoms with Crippen LogP contribution in [-0.2, 0) is 12.8 Å². The minimum atomic E-state index is 0.130. The van der Waals surface area contributed by atoms with E-state index < -0.39 is 0 Å². The van der Waals surface area contributed by atoms with Crippen LogP contribution in [0.1, 0.15) is 163 Å². The first kappa shape index (κ1) is 31.8. The lowest BCUT2D eigenvalue weighted by atomic mass is 9.67. The van der Waals surface area contributed by atoms with Gasteiger partial charge in [0.1, 0.15) is 0 Å². The van der Waals surface area contributed by atoms with Gasteiger partial charge in [0.2, 0.25) is 0 Å². The molecule has 4 atom stereocenters. The molecule has 3 nitrogen and oxygen atoms in total. The molecule has 8 bridgehead atoms. The predicted molar refractivity (Wildman–Crippen MR) is 220 cm³/mol. The van der Waals surface area contributed by atoms with Gasteiger partial charge in [-0.3, -0.25) is 9.97 Å². The van der Waals surface area contributed by atoms with Crippen molar-refractivity contribution in [1.82, 2.24) is 14.4 Å². The molecule has 53 heavy (non-hydrogen) atoms. The van der Waals surface area contributed by atoms with Gasteiger partial charge in [-0.2, -0.15) is 0 Å². The number of hydrogen-bond donors (Lipinski definition) is 0. The van der Waals surface area contributed by atoms with Crippen LogP contribution < -0.4 is 0 Å². The molecule has 0 radical (unpaired) electrons. The van der Waals surface area contributed by atoms with Crippen LogP contribution in [0.15, 0.2) is 42.5 Å². The Balaban J connectivity index is 1.31. The molecule has 8 aliphatic rings. The Morgan fingerprint density at radius 2 is 0.925 bits per heavy atom. The summed E-state index contributed by atoms with van der Waals surface area (Å²) in [4.78, 5) is 12.0. The molecule has 2 aromatic carbocycles. The Bertz CT molecular complexity index is 2310. The van der Waals surface area contributed by atoms with E-state index in [-0.39, 0.29) is 10.8 Å². The van der Waals surface area contributed by atoms with Gasteiger partial charge in [0.25, 0.3) is 0 Å². The van der Waals surface area contributed by atoms with Gasteiger partial charge in [-0.1, -0.05) is 71.9 Å². The Labute approximate surface area is 315 Å². The lowest BCUT2D eigenvalue weighted by Gasteiger charge is -2.38. The highest BCUT2D eigenvalue weighted by atomic mass is 15.0. The second kappa shape index (κ2) is 10.6. The second-order valence-electron chi connectivity index (χ2n) is 21.9. The van der Waals surface area contributed by atoms with Crippen molar-refractivity contribution in [2.45, 2.75) is 142 Å². The third-order valence-corrected chi connectivity index (χ3v) is 15.3. The average molecular weight is 700 g/mol. The van der Waals surface area contributed by atoms with Gasteiger partial charge in [0.15, 0.2) is 0 Å². The number of benzene rings is 2. The summed E-state index contributed by atoms with van der Waals surface area (Å²) >= 11 is 0. The minimum Gasteiger partial charge on any atom is -0.304 e. The van der Waals surface area contributed by atoms with Crippen molar-refractivity contribution in [3.63, 3.8) is 0 Å². The van der Waals surface area contributed by atoms with Gasteiger partial charge >= 0.3 is 0 Å². The maximum atomic E-state index is 6.00. The predicted octanol–water partition coefficient (Wildman–Crippen LogP) is 13.3. The summed E-state index contributed by atoms with van der Waals surface area (Å²) in [6.07, 6.45) is 15.7. The van der Waals surface area contributed by atoms with Crippen LogP contribution in [0.25, 0.3) is 49.2 Å². The van der Waals surface area contributed by atoms with Crippen LogP contribution in [0.3, 0.4) is 0 Å². The number of hydrogen-bond acceptors (Lipinski definition) is 2. The van der Waals surface area contributed by atoms with Crippen LogP contribution in [0, 0.1) is 34.5 Å². The quantitative estimate of drug-likeness (QED) is 0.184. The average Bonchev–Trinajstić information content (AvgIpc) is 3.49. The Kier molecular flexibility index (Phi) is 6.39. The molecule has 0 aliphatic heterocycles. The SMILES string of the molecule is CC(C)(C)Cc1nc2c(c3c4cc(-c5ccccc5)cc5c6c7c(nc(CC(C)(C)C)c6n(c13)c45)C1CC3CC(C1)CC7C3)C1CC3CC(CC2C3)C1. The van der Waals surface area contributed by atoms with Gasteiger partial charge in [-0.05, 0) is 158 Å². The molecule has 6 aromatic rings. The molecule has 0 saturated heterocycles. The van der Waals surface area contributed by atoms with Crippen LogP contribution >= 0.6 is 0 Å². The summed E-state index contributed by atoms with van der Waals surface area (Å²) in [6, 6.07) is 16.6. The molecule has 14 rings (SSSR count). The highest BCUT2D eigenvalue weighted by molar-refractivity contribution is 6.26. The molecule has 8 aliphatic carbocycles. The zero-order chi connectivity index (χ0) is 35.7. The molecule has 4 saturated carbocycles. The van der Waals surface area contributed by atoms with Crippen LogP contribution in [0.5, 0.6) is 0 Å². The lowest BCUT2D eigenvalue weighted by molar-refractivity contribution is 0.165. The van der Waals surface area contributed by atoms with Gasteiger partial charge < -0.3 is 4.40 Å². The largest absolute Gasteiger partial charge is 0.304 e. The lowest BCUT2D eigenvalue weighted by Crippen LogP contribution is -2.25. The molecular weight excluding hydrogens is 643 g/mol. The summed E-state index contributed by atoms with van der Waals surface area (Å²) in [6.45, 7) is 14.6. The summed E-state index contributed by atoms with van der Waals surface area (Å²) in [5.74, 6) is 5.98. The fourth-order valence-electron chi connectivity index (χ4n) is 14.1. The van der Waals surface area contributed by atoms with E-state index in [1.54, 1.807) is 21.9 Å². The van der Waals surface area contributed by atoms with Crippen molar-refractivity contribution < 1.29 is 0 Å². The molecule has 272 valence electrons. The first-order valence-electron chi connectivity index (χ1n) is 21.6. The molecule has 4 unspecified atom stereocenters. The standard InChI is InChI=1S/C50H57N3/c1-49(2,3)24-38-47-42(40-32-14-26-12-27(15-32)19-34(18-26)44(40)51-38)36-22-31(30-10-8-7-9-11-30)23-37-43-41-33-16-28-13-29(17-33)21-35(20-28)45(41)52-39(25-50(4,5)6)48(43)53(47)46(36)37/h7-11,22-23,26-29,32-35H,12-21,24-25H2,1-6H3. The molecular formula is C50H57N3. The van der Waals surface area contributed by atoms with Gasteiger partial charge in [-0.15, -0.1) is 0 Å². The Hall–Kier alpha value is -3.46. The van der Waals surface area contributed by atoms with E-state index in [0.29, 0.717) is 23.7 Å². The van der Waals surface area contributed by atoms with Crippen molar-refractivity contribution in [2.24, 2.45) is 34.5 Å². The molecule has 0 N–H and O–H groups in total. The Morgan fingerprint density at radius 1 is 0.509 bits per heavy atom. The third kappa shape index (κ3) is 4.64. The van der Waals surface area contributed by atoms with Crippen molar-refractivity contribution in [3.8, 4) is 11.1 Å². The number of rotatable bonds is 3. The van der Waals surface area contributed by atoms with E-state index >= 15 is 0 Å². The first-order chi connectivity index (χ1) is 25.4. The maximum absolute atomic E-state index is 6.00. The van der Waals surface area contributed by atoms with Gasteiger partial charge in [0, 0.05) is 44.8 Å². The van der Waals surface area contributed by atoms with Crippen molar-refractivity contribution in [2.75, 3.05) is 0 Å². The van der Waals surface area contributed by atoms with Crippen molar-refractivity contribution in [1.29, 1.82) is 0 Å². The normalized spacial score (nSPS) is 30.2. The molecule has 0 amide bonds. The fourth-order valence-corrected chi connectivity index (χ4v) is 14.1. The molecule has 4 heterocycles. The van der Waals surface area contributed by atoms with Crippen molar-refractivity contribution >= 4 is 38.1 Å². The zero-order valence-electron chi connectivity index (χ0n) is 33.0. The fraction of sp³-hybridized carbons (Fsp3) is 0.560. The number of aromatic nitrogens is 3. The van der Waals surface area contributed by atoms with E-state index in [0.717, 1.165) is 36.5 Å². The number of fused-ring (bicyclic) bond motifs is 6. The van der Waals surface area contributed by atoms with E-state index in [1.165, 1.54) is 125 Å². The van der Waals surface area contributed by atoms with Crippen LogP contribution in [-0.4, -0.2) is 14.4 Å². The van der Waals surface area contributed by atoms with E-state index in [1.807, 2.05) is 0 Å². The van der Waals surface area contributed by atoms with E-state index in [2.05, 4.69) is 88.4 Å². The second-order valence-corrected chi connectivity index (χ2v) is 21.9. The number of pyridine rings is 2. The molecule has 4 fully saturated rings. The Morgan fingerprint density at radius 3 is 1.34 bits per heavy atom. The molecule has 4 aromatic heterocycles. The smallest absolute Gasteiger partial charge is 0.0761 e. The van der Waals surface area contributed by atoms with Gasteiger partial charge in [-0.25, -0.2) is 0 Å². The molecule has 3 heteroatoms. The van der Waals surface area contributed by atoms with Crippen molar-refractivity contribution in [3.05, 3.63) is 76.4 Å². The van der Waals surface area contributed by atoms with E-state index in [9.17, 15) is 0 Å². The first-order valence-corrected chi connectivity index (χ1v) is 21.6. The van der Waals surface area contributed by atoms with Gasteiger partial charge in [0.05, 0.1) is 27.9 Å². The summed E-state index contributed by atoms with van der Waals surface area (Å²) in [5, 5.41) is 6.14. The minimum absolute atomic E-state index is 0.130. The highest BCUT2D eigenvalue weighted by Gasteiger charge is 2.47. The van der Waals surface area contributed by atoms with Crippen LogP contribution in [0.2, 0.25) is 0 Å². The zero-order valence-corrected chi connectivity index (χ0v) is 33.0. The molecule has 0 spiro atoms. The summed E-state index contributed by atoms with van der Waals surface area (Å²) < 4.78 is 2.82. The summed E-state index contributed by atoms with van der Waals surface area (Å²) in [5.41, 5.74) is 16.3.